The number of benzene rings is 1. The minimum atomic E-state index is -0.227. The number of hydrogen-bond acceptors (Lipinski definition) is 6. The van der Waals surface area contributed by atoms with Crippen LogP contribution in [0.25, 0.3) is 0 Å². The lowest BCUT2D eigenvalue weighted by Gasteiger charge is -2.34. The Morgan fingerprint density at radius 1 is 1.06 bits per heavy atom. The summed E-state index contributed by atoms with van der Waals surface area (Å²) in [5.41, 5.74) is 1.65. The number of piperazine rings is 1. The van der Waals surface area contributed by atoms with Crippen LogP contribution < -0.4 is 15.5 Å². The number of carbonyl (C=O) groups is 2. The molecule has 1 N–H and O–H groups in total. The van der Waals surface area contributed by atoms with E-state index in [9.17, 15) is 14.4 Å². The number of carbonyl (C=O) groups excluding carboxylic acids is 2. The van der Waals surface area contributed by atoms with Crippen LogP contribution in [0, 0.1) is 0 Å². The number of rotatable bonds is 9. The van der Waals surface area contributed by atoms with E-state index in [0.29, 0.717) is 45.0 Å². The molecule has 3 heterocycles. The van der Waals surface area contributed by atoms with Crippen LogP contribution in [0.15, 0.2) is 70.2 Å². The molecule has 4 rings (SSSR count). The predicted octanol–water partition coefficient (Wildman–Crippen LogP) is 1.77. The van der Waals surface area contributed by atoms with Crippen LogP contribution in [0.4, 0.5) is 0 Å². The second-order valence-electron chi connectivity index (χ2n) is 8.46. The maximum atomic E-state index is 12.6. The van der Waals surface area contributed by atoms with Gasteiger partial charge in [0.1, 0.15) is 6.54 Å². The summed E-state index contributed by atoms with van der Waals surface area (Å²) in [5.74, 6) is 0.269. The molecule has 184 valence electrons. The van der Waals surface area contributed by atoms with Crippen molar-refractivity contribution in [3.63, 3.8) is 0 Å². The van der Waals surface area contributed by atoms with E-state index >= 15 is 0 Å². The summed E-state index contributed by atoms with van der Waals surface area (Å²) < 4.78 is 12.2. The Morgan fingerprint density at radius 3 is 2.51 bits per heavy atom. The van der Waals surface area contributed by atoms with Gasteiger partial charge in [-0.15, -0.1) is 0 Å². The van der Waals surface area contributed by atoms with Crippen molar-refractivity contribution in [1.29, 1.82) is 0 Å². The normalized spacial score (nSPS) is 14.0. The minimum Gasteiger partial charge on any atom is -0.491 e. The number of pyridine rings is 1. The van der Waals surface area contributed by atoms with Crippen LogP contribution in [0.3, 0.4) is 0 Å². The molecule has 3 aromatic rings. The van der Waals surface area contributed by atoms with Gasteiger partial charge in [-0.25, -0.2) is 0 Å². The van der Waals surface area contributed by atoms with Gasteiger partial charge in [0.05, 0.1) is 19.6 Å². The van der Waals surface area contributed by atoms with Crippen molar-refractivity contribution in [1.82, 2.24) is 19.7 Å². The molecule has 1 aromatic carbocycles. The Kier molecular flexibility index (Phi) is 7.99. The number of aromatic nitrogens is 1. The average molecular weight is 479 g/mol. The van der Waals surface area contributed by atoms with Crippen molar-refractivity contribution in [2.24, 2.45) is 0 Å². The molecule has 0 aliphatic carbocycles. The highest BCUT2D eigenvalue weighted by atomic mass is 16.5. The Morgan fingerprint density at radius 2 is 1.83 bits per heavy atom. The Balaban J connectivity index is 1.36. The van der Waals surface area contributed by atoms with Gasteiger partial charge in [0.15, 0.2) is 11.5 Å². The molecule has 9 nitrogen and oxygen atoms in total. The maximum absolute atomic E-state index is 12.6. The van der Waals surface area contributed by atoms with Crippen molar-refractivity contribution in [3.8, 4) is 5.75 Å². The third-order valence-corrected chi connectivity index (χ3v) is 6.07. The molecular weight excluding hydrogens is 448 g/mol. The number of methoxy groups -OCH3 is 1. The number of hydrogen-bond donors (Lipinski definition) is 1. The third kappa shape index (κ3) is 6.39. The first kappa shape index (κ1) is 24.3. The van der Waals surface area contributed by atoms with Crippen LogP contribution >= 0.6 is 0 Å². The van der Waals surface area contributed by atoms with E-state index in [1.807, 2.05) is 30.3 Å². The monoisotopic (exact) mass is 478 g/mol. The predicted molar refractivity (Wildman–Crippen MR) is 130 cm³/mol. The smallest absolute Gasteiger partial charge is 0.289 e. The van der Waals surface area contributed by atoms with Crippen LogP contribution in [0.5, 0.6) is 5.75 Å². The van der Waals surface area contributed by atoms with E-state index in [4.69, 9.17) is 9.15 Å². The number of nitrogens with one attached hydrogen (secondary N) is 1. The Bertz CT molecular complexity index is 1180. The molecule has 0 bridgehead atoms. The molecule has 1 fully saturated rings. The molecule has 2 amide bonds. The number of amides is 2. The van der Waals surface area contributed by atoms with Gasteiger partial charge in [-0.2, -0.15) is 0 Å². The summed E-state index contributed by atoms with van der Waals surface area (Å²) in [5, 5.41) is 2.95. The summed E-state index contributed by atoms with van der Waals surface area (Å²) in [6.45, 7) is 3.50. The number of furan rings is 1. The molecule has 0 radical (unpaired) electrons. The van der Waals surface area contributed by atoms with Crippen molar-refractivity contribution < 1.29 is 18.7 Å². The first-order valence-corrected chi connectivity index (χ1v) is 11.7. The highest BCUT2D eigenvalue weighted by Gasteiger charge is 2.24. The lowest BCUT2D eigenvalue weighted by Crippen LogP contribution is -2.48. The third-order valence-electron chi connectivity index (χ3n) is 6.07. The van der Waals surface area contributed by atoms with E-state index in [0.717, 1.165) is 17.7 Å². The van der Waals surface area contributed by atoms with Gasteiger partial charge in [0.2, 0.25) is 11.3 Å². The van der Waals surface area contributed by atoms with E-state index in [1.165, 1.54) is 19.4 Å². The molecule has 1 aliphatic rings. The second kappa shape index (κ2) is 11.5. The van der Waals surface area contributed by atoms with E-state index in [-0.39, 0.29) is 29.5 Å². The van der Waals surface area contributed by atoms with Gasteiger partial charge in [-0.3, -0.25) is 19.3 Å². The molecular formula is C26H30N4O5. The molecule has 0 spiro atoms. The SMILES string of the molecule is COc1cn(CC(=O)NCCc2ccccc2)c(CN2CCN(C(=O)c3ccco3)CC2)cc1=O. The molecule has 0 saturated carbocycles. The van der Waals surface area contributed by atoms with E-state index in [1.54, 1.807) is 27.8 Å². The molecule has 1 aliphatic heterocycles. The first-order valence-electron chi connectivity index (χ1n) is 11.7. The van der Waals surface area contributed by atoms with Crippen molar-refractivity contribution in [2.45, 2.75) is 19.5 Å². The number of nitrogens with zero attached hydrogens (tertiary/aromatic N) is 3. The summed E-state index contributed by atoms with van der Waals surface area (Å²) in [6.07, 6.45) is 3.82. The van der Waals surface area contributed by atoms with Crippen molar-refractivity contribution in [2.75, 3.05) is 39.8 Å². The lowest BCUT2D eigenvalue weighted by molar-refractivity contribution is -0.121. The molecule has 2 aromatic heterocycles. The van der Waals surface area contributed by atoms with E-state index in [2.05, 4.69) is 10.2 Å². The van der Waals surface area contributed by atoms with Crippen LogP contribution in [-0.2, 0) is 24.3 Å². The maximum Gasteiger partial charge on any atom is 0.289 e. The Hall–Kier alpha value is -3.85. The van der Waals surface area contributed by atoms with Gasteiger partial charge < -0.3 is 23.9 Å². The molecule has 1 saturated heterocycles. The summed E-state index contributed by atoms with van der Waals surface area (Å²) in [7, 11) is 1.44. The zero-order chi connectivity index (χ0) is 24.6. The fourth-order valence-corrected chi connectivity index (χ4v) is 4.13. The highest BCUT2D eigenvalue weighted by molar-refractivity contribution is 5.91. The molecule has 9 heteroatoms. The van der Waals surface area contributed by atoms with Crippen molar-refractivity contribution in [3.05, 3.63) is 88.2 Å². The fourth-order valence-electron chi connectivity index (χ4n) is 4.13. The lowest BCUT2D eigenvalue weighted by atomic mass is 10.1. The topological polar surface area (TPSA) is 97.0 Å². The first-order chi connectivity index (χ1) is 17.0. The summed E-state index contributed by atoms with van der Waals surface area (Å²) >= 11 is 0. The second-order valence-corrected chi connectivity index (χ2v) is 8.46. The highest BCUT2D eigenvalue weighted by Crippen LogP contribution is 2.14. The quantitative estimate of drug-likeness (QED) is 0.504. The largest absolute Gasteiger partial charge is 0.491 e. The van der Waals surface area contributed by atoms with Crippen molar-refractivity contribution >= 4 is 11.8 Å². The zero-order valence-electron chi connectivity index (χ0n) is 19.8. The van der Waals surface area contributed by atoms with Gasteiger partial charge in [0, 0.05) is 51.0 Å². The van der Waals surface area contributed by atoms with Crippen LogP contribution in [0.1, 0.15) is 21.8 Å². The van der Waals surface area contributed by atoms with Gasteiger partial charge in [-0.05, 0) is 24.1 Å². The summed E-state index contributed by atoms with van der Waals surface area (Å²) in [4.78, 5) is 41.5. The standard InChI is InChI=1S/C26H30N4O5/c1-34-24-18-30(19-25(32)27-10-9-20-6-3-2-4-7-20)21(16-22(24)31)17-28-11-13-29(14-12-28)26(33)23-8-5-15-35-23/h2-8,15-16,18H,9-14,17,19H2,1H3,(H,27,32). The van der Waals surface area contributed by atoms with Gasteiger partial charge in [0.25, 0.3) is 5.91 Å². The average Bonchev–Trinajstić information content (AvgIpc) is 3.41. The van der Waals surface area contributed by atoms with Crippen LogP contribution in [0.2, 0.25) is 0 Å². The fraction of sp³-hybridized carbons (Fsp3) is 0.346. The number of ether oxygens (including phenoxy) is 1. The zero-order valence-corrected chi connectivity index (χ0v) is 19.8. The van der Waals surface area contributed by atoms with Gasteiger partial charge >= 0.3 is 0 Å². The Labute approximate surface area is 203 Å². The molecule has 35 heavy (non-hydrogen) atoms. The van der Waals surface area contributed by atoms with Gasteiger partial charge in [-0.1, -0.05) is 30.3 Å². The van der Waals surface area contributed by atoms with Crippen LogP contribution in [-0.4, -0.2) is 66.0 Å². The molecule has 0 unspecified atom stereocenters. The summed E-state index contributed by atoms with van der Waals surface area (Å²) in [6, 6.07) is 14.9. The molecule has 0 atom stereocenters. The van der Waals surface area contributed by atoms with E-state index < -0.39 is 0 Å². The minimum absolute atomic E-state index is 0.0811.